The highest BCUT2D eigenvalue weighted by Crippen LogP contribution is 2.35. The van der Waals surface area contributed by atoms with Gasteiger partial charge in [0.25, 0.3) is 0 Å². The van der Waals surface area contributed by atoms with Crippen molar-refractivity contribution in [2.75, 3.05) is 5.75 Å². The minimum Gasteiger partial charge on any atom is -0.368 e. The second kappa shape index (κ2) is 4.96. The van der Waals surface area contributed by atoms with Crippen molar-refractivity contribution in [3.8, 4) is 0 Å². The molecule has 1 amide bonds. The minimum atomic E-state index is -0.425. The number of hydrogen-bond acceptors (Lipinski definition) is 3. The smallest absolute Gasteiger partial charge is 0.238 e. The first-order valence-electron chi connectivity index (χ1n) is 6.32. The van der Waals surface area contributed by atoms with Crippen molar-refractivity contribution in [1.82, 2.24) is 5.32 Å². The summed E-state index contributed by atoms with van der Waals surface area (Å²) in [5.41, 5.74) is 5.17. The normalized spacial score (nSPS) is 36.4. The first-order chi connectivity index (χ1) is 7.62. The van der Waals surface area contributed by atoms with Gasteiger partial charge in [-0.3, -0.25) is 10.1 Å². The van der Waals surface area contributed by atoms with E-state index in [1.807, 2.05) is 11.8 Å². The Hall–Kier alpha value is -0.220. The summed E-state index contributed by atoms with van der Waals surface area (Å²) in [6.45, 7) is 2.18. The fraction of sp³-hybridized carbons (Fsp3) is 0.917. The predicted octanol–water partition coefficient (Wildman–Crippen LogP) is 1.66. The van der Waals surface area contributed by atoms with Crippen LogP contribution in [0.1, 0.15) is 45.4 Å². The van der Waals surface area contributed by atoms with E-state index in [9.17, 15) is 4.79 Å². The fourth-order valence-electron chi connectivity index (χ4n) is 2.87. The molecule has 1 heterocycles. The van der Waals surface area contributed by atoms with Gasteiger partial charge in [-0.2, -0.15) is 11.8 Å². The average molecular weight is 242 g/mol. The molecular weight excluding hydrogens is 220 g/mol. The SMILES string of the molecule is CC1CC(NC2CCCCC2)(C(N)=O)CS1. The van der Waals surface area contributed by atoms with E-state index in [0.717, 1.165) is 12.2 Å². The quantitative estimate of drug-likeness (QED) is 0.791. The van der Waals surface area contributed by atoms with Crippen molar-refractivity contribution in [2.45, 2.75) is 62.3 Å². The van der Waals surface area contributed by atoms with Gasteiger partial charge in [0.2, 0.25) is 5.91 Å². The largest absolute Gasteiger partial charge is 0.368 e. The summed E-state index contributed by atoms with van der Waals surface area (Å²) in [7, 11) is 0. The summed E-state index contributed by atoms with van der Waals surface area (Å²) in [4.78, 5) is 11.7. The Morgan fingerprint density at radius 1 is 1.38 bits per heavy atom. The molecule has 2 rings (SSSR count). The second-order valence-electron chi connectivity index (χ2n) is 5.25. The highest BCUT2D eigenvalue weighted by molar-refractivity contribution is 8.00. The molecule has 3 nitrogen and oxygen atoms in total. The summed E-state index contributed by atoms with van der Waals surface area (Å²) in [6, 6.07) is 0.507. The number of carbonyl (C=O) groups is 1. The average Bonchev–Trinajstić information content (AvgIpc) is 2.63. The maximum atomic E-state index is 11.7. The van der Waals surface area contributed by atoms with Crippen LogP contribution < -0.4 is 11.1 Å². The minimum absolute atomic E-state index is 0.157. The Morgan fingerprint density at radius 2 is 2.06 bits per heavy atom. The molecule has 4 heteroatoms. The van der Waals surface area contributed by atoms with Crippen LogP contribution >= 0.6 is 11.8 Å². The summed E-state index contributed by atoms with van der Waals surface area (Å²) < 4.78 is 0. The Morgan fingerprint density at radius 3 is 2.56 bits per heavy atom. The molecule has 0 bridgehead atoms. The molecule has 1 saturated heterocycles. The summed E-state index contributed by atoms with van der Waals surface area (Å²) >= 11 is 1.86. The molecule has 0 aromatic carbocycles. The van der Waals surface area contributed by atoms with Crippen molar-refractivity contribution < 1.29 is 4.79 Å². The van der Waals surface area contributed by atoms with Crippen LogP contribution in [0.3, 0.4) is 0 Å². The van der Waals surface area contributed by atoms with Gasteiger partial charge in [-0.1, -0.05) is 26.2 Å². The van der Waals surface area contributed by atoms with E-state index < -0.39 is 5.54 Å². The van der Waals surface area contributed by atoms with Gasteiger partial charge in [0.05, 0.1) is 0 Å². The van der Waals surface area contributed by atoms with E-state index in [1.165, 1.54) is 32.1 Å². The molecule has 0 radical (unpaired) electrons. The van der Waals surface area contributed by atoms with Crippen LogP contribution in [0.2, 0.25) is 0 Å². The maximum Gasteiger partial charge on any atom is 0.238 e. The van der Waals surface area contributed by atoms with Gasteiger partial charge < -0.3 is 5.73 Å². The number of primary amides is 1. The molecular formula is C12H22N2OS. The Labute approximate surface area is 102 Å². The zero-order valence-electron chi connectivity index (χ0n) is 10.00. The van der Waals surface area contributed by atoms with Gasteiger partial charge in [0.1, 0.15) is 5.54 Å². The van der Waals surface area contributed by atoms with Crippen LogP contribution in [0.5, 0.6) is 0 Å². The van der Waals surface area contributed by atoms with E-state index in [2.05, 4.69) is 12.2 Å². The Kier molecular flexibility index (Phi) is 3.80. The van der Waals surface area contributed by atoms with Gasteiger partial charge in [0, 0.05) is 17.0 Å². The van der Waals surface area contributed by atoms with Crippen LogP contribution in [-0.2, 0) is 4.79 Å². The summed E-state index contributed by atoms with van der Waals surface area (Å²) in [6.07, 6.45) is 7.21. The van der Waals surface area contributed by atoms with Gasteiger partial charge >= 0.3 is 0 Å². The van der Waals surface area contributed by atoms with E-state index in [0.29, 0.717) is 11.3 Å². The van der Waals surface area contributed by atoms with E-state index in [4.69, 9.17) is 5.73 Å². The molecule has 1 saturated carbocycles. The standard InChI is InChI=1S/C12H22N2OS/c1-9-7-12(8-16-9,11(13)15)14-10-5-3-2-4-6-10/h9-10,14H,2-8H2,1H3,(H2,13,15). The number of amides is 1. The molecule has 2 fully saturated rings. The third-order valence-electron chi connectivity index (χ3n) is 3.81. The van der Waals surface area contributed by atoms with Crippen molar-refractivity contribution in [3.63, 3.8) is 0 Å². The molecule has 3 N–H and O–H groups in total. The van der Waals surface area contributed by atoms with Crippen molar-refractivity contribution in [3.05, 3.63) is 0 Å². The lowest BCUT2D eigenvalue weighted by Gasteiger charge is -2.33. The van der Waals surface area contributed by atoms with Crippen LogP contribution in [-0.4, -0.2) is 28.5 Å². The van der Waals surface area contributed by atoms with Gasteiger partial charge in [-0.25, -0.2) is 0 Å². The van der Waals surface area contributed by atoms with Gasteiger partial charge in [-0.05, 0) is 19.3 Å². The third kappa shape index (κ3) is 2.54. The van der Waals surface area contributed by atoms with E-state index in [-0.39, 0.29) is 5.91 Å². The molecule has 2 atom stereocenters. The second-order valence-corrected chi connectivity index (χ2v) is 6.68. The molecule has 92 valence electrons. The number of nitrogens with one attached hydrogen (secondary N) is 1. The number of carbonyl (C=O) groups excluding carboxylic acids is 1. The van der Waals surface area contributed by atoms with Gasteiger partial charge in [-0.15, -0.1) is 0 Å². The molecule has 16 heavy (non-hydrogen) atoms. The summed E-state index contributed by atoms with van der Waals surface area (Å²) in [5, 5.41) is 4.11. The molecule has 2 unspecified atom stereocenters. The fourth-order valence-corrected chi connectivity index (χ4v) is 4.19. The highest BCUT2D eigenvalue weighted by Gasteiger charge is 2.44. The number of nitrogens with two attached hydrogens (primary N) is 1. The lowest BCUT2D eigenvalue weighted by atomic mass is 9.89. The van der Waals surface area contributed by atoms with E-state index in [1.54, 1.807) is 0 Å². The topological polar surface area (TPSA) is 55.1 Å². The highest BCUT2D eigenvalue weighted by atomic mass is 32.2. The lowest BCUT2D eigenvalue weighted by molar-refractivity contribution is -0.124. The van der Waals surface area contributed by atoms with Gasteiger partial charge in [0.15, 0.2) is 0 Å². The summed E-state index contributed by atoms with van der Waals surface area (Å²) in [5.74, 6) is 0.690. The zero-order valence-corrected chi connectivity index (χ0v) is 10.8. The van der Waals surface area contributed by atoms with Crippen LogP contribution in [0.25, 0.3) is 0 Å². The first-order valence-corrected chi connectivity index (χ1v) is 7.36. The predicted molar refractivity (Wildman–Crippen MR) is 68.5 cm³/mol. The number of hydrogen-bond donors (Lipinski definition) is 2. The van der Waals surface area contributed by atoms with Crippen molar-refractivity contribution >= 4 is 17.7 Å². The van der Waals surface area contributed by atoms with Crippen LogP contribution in [0, 0.1) is 0 Å². The Bertz CT molecular complexity index is 266. The van der Waals surface area contributed by atoms with Crippen LogP contribution in [0.4, 0.5) is 0 Å². The zero-order chi connectivity index (χ0) is 11.6. The van der Waals surface area contributed by atoms with Crippen molar-refractivity contribution in [1.29, 1.82) is 0 Å². The van der Waals surface area contributed by atoms with Crippen molar-refractivity contribution in [2.24, 2.45) is 5.73 Å². The number of thioether (sulfide) groups is 1. The maximum absolute atomic E-state index is 11.7. The lowest BCUT2D eigenvalue weighted by Crippen LogP contribution is -2.59. The molecule has 0 aromatic rings. The molecule has 1 aliphatic carbocycles. The third-order valence-corrected chi connectivity index (χ3v) is 5.20. The monoisotopic (exact) mass is 242 g/mol. The molecule has 1 aliphatic heterocycles. The van der Waals surface area contributed by atoms with Crippen LogP contribution in [0.15, 0.2) is 0 Å². The Balaban J connectivity index is 1.99. The number of rotatable bonds is 3. The molecule has 0 spiro atoms. The first kappa shape index (κ1) is 12.2. The molecule has 0 aromatic heterocycles. The molecule has 2 aliphatic rings. The van der Waals surface area contributed by atoms with E-state index >= 15 is 0 Å².